The summed E-state index contributed by atoms with van der Waals surface area (Å²) >= 11 is 0. The van der Waals surface area contributed by atoms with Crippen molar-refractivity contribution in [3.05, 3.63) is 29.8 Å². The highest BCUT2D eigenvalue weighted by molar-refractivity contribution is 7.89. The van der Waals surface area contributed by atoms with E-state index in [4.69, 9.17) is 0 Å². The van der Waals surface area contributed by atoms with E-state index in [9.17, 15) is 8.42 Å². The molecule has 21 heavy (non-hydrogen) atoms. The molecule has 0 bridgehead atoms. The molecule has 0 aromatic heterocycles. The molecule has 0 saturated heterocycles. The Morgan fingerprint density at radius 3 is 2.33 bits per heavy atom. The van der Waals surface area contributed by atoms with Gasteiger partial charge in [0.1, 0.15) is 0 Å². The first-order valence-electron chi connectivity index (χ1n) is 7.69. The van der Waals surface area contributed by atoms with Crippen LogP contribution < -0.4 is 10.0 Å². The summed E-state index contributed by atoms with van der Waals surface area (Å²) in [6.07, 6.45) is 4.26. The minimum atomic E-state index is -3.44. The molecule has 1 aromatic rings. The SMILES string of the molecule is CCC(C)(C)NS(=O)(=O)c1ccc(CCNC2CC2)cc1. The molecule has 1 fully saturated rings. The second kappa shape index (κ2) is 6.46. The Kier molecular flexibility index (Phi) is 5.07. The summed E-state index contributed by atoms with van der Waals surface area (Å²) in [7, 11) is -3.44. The number of benzene rings is 1. The average Bonchev–Trinajstić information content (AvgIpc) is 3.22. The zero-order valence-electron chi connectivity index (χ0n) is 13.1. The maximum atomic E-state index is 12.3. The van der Waals surface area contributed by atoms with Gasteiger partial charge in [-0.25, -0.2) is 13.1 Å². The predicted octanol–water partition coefficient (Wildman–Crippen LogP) is 2.45. The van der Waals surface area contributed by atoms with Crippen LogP contribution in [0.1, 0.15) is 45.6 Å². The first-order valence-corrected chi connectivity index (χ1v) is 9.17. The Balaban J connectivity index is 1.96. The van der Waals surface area contributed by atoms with Gasteiger partial charge in [-0.15, -0.1) is 0 Å². The Morgan fingerprint density at radius 1 is 1.19 bits per heavy atom. The van der Waals surface area contributed by atoms with E-state index in [2.05, 4.69) is 10.0 Å². The maximum absolute atomic E-state index is 12.3. The van der Waals surface area contributed by atoms with Crippen molar-refractivity contribution in [1.29, 1.82) is 0 Å². The lowest BCUT2D eigenvalue weighted by atomic mass is 10.0. The summed E-state index contributed by atoms with van der Waals surface area (Å²) < 4.78 is 27.4. The molecule has 0 heterocycles. The quantitative estimate of drug-likeness (QED) is 0.775. The number of hydrogen-bond acceptors (Lipinski definition) is 3. The molecule has 0 aliphatic heterocycles. The molecule has 0 unspecified atom stereocenters. The van der Waals surface area contributed by atoms with Gasteiger partial charge in [0.25, 0.3) is 0 Å². The van der Waals surface area contributed by atoms with Crippen molar-refractivity contribution in [1.82, 2.24) is 10.0 Å². The molecule has 0 amide bonds. The van der Waals surface area contributed by atoms with E-state index in [1.807, 2.05) is 32.9 Å². The lowest BCUT2D eigenvalue weighted by Crippen LogP contribution is -2.42. The van der Waals surface area contributed by atoms with Crippen LogP contribution in [0.4, 0.5) is 0 Å². The molecule has 4 nitrogen and oxygen atoms in total. The van der Waals surface area contributed by atoms with Crippen LogP contribution in [0.2, 0.25) is 0 Å². The first-order chi connectivity index (χ1) is 9.82. The maximum Gasteiger partial charge on any atom is 0.241 e. The largest absolute Gasteiger partial charge is 0.314 e. The molecule has 1 aromatic carbocycles. The minimum absolute atomic E-state index is 0.336. The van der Waals surface area contributed by atoms with E-state index in [-0.39, 0.29) is 0 Å². The summed E-state index contributed by atoms with van der Waals surface area (Å²) in [5, 5.41) is 3.46. The molecule has 0 spiro atoms. The van der Waals surface area contributed by atoms with Crippen molar-refractivity contribution in [3.8, 4) is 0 Å². The smallest absolute Gasteiger partial charge is 0.241 e. The lowest BCUT2D eigenvalue weighted by molar-refractivity contribution is 0.439. The first kappa shape index (κ1) is 16.5. The minimum Gasteiger partial charge on any atom is -0.314 e. The van der Waals surface area contributed by atoms with Gasteiger partial charge in [-0.2, -0.15) is 0 Å². The van der Waals surface area contributed by atoms with Gasteiger partial charge in [0.05, 0.1) is 4.90 Å². The van der Waals surface area contributed by atoms with E-state index < -0.39 is 15.6 Å². The zero-order chi connectivity index (χ0) is 15.5. The summed E-state index contributed by atoms with van der Waals surface area (Å²) in [6, 6.07) is 7.91. The van der Waals surface area contributed by atoms with Crippen LogP contribution in [0.15, 0.2) is 29.2 Å². The third kappa shape index (κ3) is 5.09. The van der Waals surface area contributed by atoms with Gasteiger partial charge < -0.3 is 5.32 Å². The summed E-state index contributed by atoms with van der Waals surface area (Å²) in [6.45, 7) is 6.71. The Bertz CT molecular complexity index is 560. The van der Waals surface area contributed by atoms with Gasteiger partial charge in [-0.05, 0) is 63.8 Å². The third-order valence-corrected chi connectivity index (χ3v) is 5.67. The highest BCUT2D eigenvalue weighted by Gasteiger charge is 2.24. The summed E-state index contributed by atoms with van der Waals surface area (Å²) in [4.78, 5) is 0.336. The molecule has 0 radical (unpaired) electrons. The molecule has 1 aliphatic rings. The van der Waals surface area contributed by atoms with Crippen LogP contribution in [-0.4, -0.2) is 26.5 Å². The Labute approximate surface area is 128 Å². The van der Waals surface area contributed by atoms with Crippen molar-refractivity contribution in [2.24, 2.45) is 0 Å². The number of hydrogen-bond donors (Lipinski definition) is 2. The molecule has 5 heteroatoms. The molecule has 2 rings (SSSR count). The summed E-state index contributed by atoms with van der Waals surface area (Å²) in [5.74, 6) is 0. The fraction of sp³-hybridized carbons (Fsp3) is 0.625. The highest BCUT2D eigenvalue weighted by atomic mass is 32.2. The molecular formula is C16H26N2O2S. The van der Waals surface area contributed by atoms with E-state index in [0.717, 1.165) is 24.9 Å². The van der Waals surface area contributed by atoms with Gasteiger partial charge in [-0.1, -0.05) is 19.1 Å². The summed E-state index contributed by atoms with van der Waals surface area (Å²) in [5.41, 5.74) is 0.739. The number of sulfonamides is 1. The highest BCUT2D eigenvalue weighted by Crippen LogP contribution is 2.19. The van der Waals surface area contributed by atoms with Gasteiger partial charge in [0.15, 0.2) is 0 Å². The van der Waals surface area contributed by atoms with Crippen LogP contribution in [0, 0.1) is 0 Å². The van der Waals surface area contributed by atoms with Crippen LogP contribution in [-0.2, 0) is 16.4 Å². The molecule has 1 saturated carbocycles. The second-order valence-corrected chi connectivity index (χ2v) is 8.15. The van der Waals surface area contributed by atoms with Crippen molar-refractivity contribution >= 4 is 10.0 Å². The van der Waals surface area contributed by atoms with Crippen molar-refractivity contribution in [2.75, 3.05) is 6.54 Å². The third-order valence-electron chi connectivity index (χ3n) is 3.95. The second-order valence-electron chi connectivity index (χ2n) is 6.47. The molecule has 118 valence electrons. The average molecular weight is 310 g/mol. The van der Waals surface area contributed by atoms with E-state index in [1.165, 1.54) is 12.8 Å². The van der Waals surface area contributed by atoms with Crippen LogP contribution in [0.5, 0.6) is 0 Å². The predicted molar refractivity (Wildman–Crippen MR) is 85.9 cm³/mol. The Morgan fingerprint density at radius 2 is 1.81 bits per heavy atom. The van der Waals surface area contributed by atoms with Crippen LogP contribution >= 0.6 is 0 Å². The van der Waals surface area contributed by atoms with Crippen LogP contribution in [0.3, 0.4) is 0 Å². The normalized spacial score (nSPS) is 16.1. The van der Waals surface area contributed by atoms with E-state index >= 15 is 0 Å². The van der Waals surface area contributed by atoms with Gasteiger partial charge >= 0.3 is 0 Å². The lowest BCUT2D eigenvalue weighted by Gasteiger charge is -2.24. The van der Waals surface area contributed by atoms with E-state index in [1.54, 1.807) is 12.1 Å². The number of rotatable bonds is 8. The van der Waals surface area contributed by atoms with Crippen molar-refractivity contribution < 1.29 is 8.42 Å². The van der Waals surface area contributed by atoms with Crippen molar-refractivity contribution in [2.45, 2.75) is 62.9 Å². The molecule has 0 atom stereocenters. The van der Waals surface area contributed by atoms with Gasteiger partial charge in [-0.3, -0.25) is 0 Å². The van der Waals surface area contributed by atoms with Crippen LogP contribution in [0.25, 0.3) is 0 Å². The molecular weight excluding hydrogens is 284 g/mol. The fourth-order valence-electron chi connectivity index (χ4n) is 2.04. The van der Waals surface area contributed by atoms with Gasteiger partial charge in [0, 0.05) is 11.6 Å². The molecule has 1 aliphatic carbocycles. The van der Waals surface area contributed by atoms with Crippen molar-refractivity contribution in [3.63, 3.8) is 0 Å². The van der Waals surface area contributed by atoms with Gasteiger partial charge in [0.2, 0.25) is 10.0 Å². The topological polar surface area (TPSA) is 58.2 Å². The van der Waals surface area contributed by atoms with E-state index in [0.29, 0.717) is 10.9 Å². The zero-order valence-corrected chi connectivity index (χ0v) is 14.0. The fourth-order valence-corrected chi connectivity index (χ4v) is 3.52. The molecule has 2 N–H and O–H groups in total. The Hall–Kier alpha value is -0.910. The number of nitrogens with one attached hydrogen (secondary N) is 2. The monoisotopic (exact) mass is 310 g/mol. The standard InChI is InChI=1S/C16H26N2O2S/c1-4-16(2,3)18-21(19,20)15-9-5-13(6-10-15)11-12-17-14-7-8-14/h5-6,9-10,14,17-18H,4,7-8,11-12H2,1-3H3.